The average molecular weight is 320 g/mol. The molecule has 0 bridgehead atoms. The van der Waals surface area contributed by atoms with Crippen molar-refractivity contribution >= 4 is 23.5 Å². The third-order valence-corrected chi connectivity index (χ3v) is 6.97. The Balaban J connectivity index is 1.93. The molecule has 1 aromatic heterocycles. The van der Waals surface area contributed by atoms with Gasteiger partial charge in [0.25, 0.3) is 0 Å². The van der Waals surface area contributed by atoms with Crippen LogP contribution >= 0.6 is 23.5 Å². The molecule has 1 N–H and O–H groups in total. The van der Waals surface area contributed by atoms with Crippen LogP contribution in [0.15, 0.2) is 36.5 Å². The first kappa shape index (κ1) is 14.9. The maximum Gasteiger partial charge on any atom is 0.0826 e. The minimum Gasteiger partial charge on any atom is -0.311 e. The maximum absolute atomic E-state index is 4.29. The summed E-state index contributed by atoms with van der Waals surface area (Å²) in [5.41, 5.74) is 2.20. The lowest BCUT2D eigenvalue weighted by molar-refractivity contribution is 0.530. The van der Waals surface area contributed by atoms with Crippen LogP contribution < -0.4 is 5.32 Å². The Bertz CT molecular complexity index is 572. The van der Waals surface area contributed by atoms with E-state index in [9.17, 15) is 0 Å². The van der Waals surface area contributed by atoms with E-state index in [4.69, 9.17) is 0 Å². The van der Waals surface area contributed by atoms with Gasteiger partial charge in [-0.15, -0.1) is 5.10 Å². The van der Waals surface area contributed by atoms with Gasteiger partial charge in [0, 0.05) is 22.0 Å². The van der Waals surface area contributed by atoms with Crippen LogP contribution in [0.4, 0.5) is 0 Å². The summed E-state index contributed by atoms with van der Waals surface area (Å²) >= 11 is 4.11. The Kier molecular flexibility index (Phi) is 4.87. The van der Waals surface area contributed by atoms with Gasteiger partial charge in [-0.3, -0.25) is 0 Å². The van der Waals surface area contributed by atoms with Gasteiger partial charge in [0.15, 0.2) is 0 Å². The Morgan fingerprint density at radius 2 is 2.00 bits per heavy atom. The van der Waals surface area contributed by atoms with Gasteiger partial charge in [-0.1, -0.05) is 30.3 Å². The fourth-order valence-corrected chi connectivity index (χ4v) is 5.69. The van der Waals surface area contributed by atoms with Crippen molar-refractivity contribution in [3.05, 3.63) is 42.2 Å². The number of rotatable bonds is 4. The van der Waals surface area contributed by atoms with Crippen LogP contribution in [-0.2, 0) is 0 Å². The smallest absolute Gasteiger partial charge is 0.0826 e. The average Bonchev–Trinajstić information content (AvgIpc) is 3.00. The van der Waals surface area contributed by atoms with Crippen molar-refractivity contribution in [2.24, 2.45) is 0 Å². The van der Waals surface area contributed by atoms with Gasteiger partial charge in [0.2, 0.25) is 0 Å². The molecule has 1 aromatic carbocycles. The molecule has 3 unspecified atom stereocenters. The molecule has 2 aromatic rings. The summed E-state index contributed by atoms with van der Waals surface area (Å²) in [5.74, 6) is 2.46. The highest BCUT2D eigenvalue weighted by Gasteiger charge is 2.32. The van der Waals surface area contributed by atoms with E-state index in [1.807, 2.05) is 36.1 Å². The van der Waals surface area contributed by atoms with Crippen molar-refractivity contribution in [2.75, 3.05) is 18.6 Å². The zero-order valence-corrected chi connectivity index (χ0v) is 13.9. The fourth-order valence-electron chi connectivity index (χ4n) is 2.72. The molecular formula is C15H20N4S2. The summed E-state index contributed by atoms with van der Waals surface area (Å²) in [4.78, 5) is 0. The number of hydrogen-bond donors (Lipinski definition) is 1. The second kappa shape index (κ2) is 6.85. The molecule has 6 heteroatoms. The van der Waals surface area contributed by atoms with Crippen LogP contribution in [0.2, 0.25) is 0 Å². The maximum atomic E-state index is 4.29. The molecule has 3 rings (SSSR count). The summed E-state index contributed by atoms with van der Waals surface area (Å²) in [6, 6.07) is 10.5. The molecule has 0 radical (unpaired) electrons. The first-order valence-electron chi connectivity index (χ1n) is 7.17. The third-order valence-electron chi connectivity index (χ3n) is 3.77. The minimum absolute atomic E-state index is 0.257. The molecule has 0 saturated carbocycles. The molecule has 0 aliphatic carbocycles. The summed E-state index contributed by atoms with van der Waals surface area (Å²) in [6.07, 6.45) is 1.89. The molecule has 4 nitrogen and oxygen atoms in total. The molecule has 1 fully saturated rings. The van der Waals surface area contributed by atoms with E-state index in [1.54, 1.807) is 0 Å². The number of nitrogens with one attached hydrogen (secondary N) is 1. The van der Waals surface area contributed by atoms with Gasteiger partial charge in [0.1, 0.15) is 0 Å². The summed E-state index contributed by atoms with van der Waals surface area (Å²) in [5, 5.41) is 13.1. The first-order valence-corrected chi connectivity index (χ1v) is 9.27. The summed E-state index contributed by atoms with van der Waals surface area (Å²) < 4.78 is 1.95. The zero-order valence-electron chi connectivity index (χ0n) is 12.3. The quantitative estimate of drug-likeness (QED) is 0.938. The largest absolute Gasteiger partial charge is 0.311 e. The molecule has 0 amide bonds. The van der Waals surface area contributed by atoms with Gasteiger partial charge in [-0.25, -0.2) is 4.68 Å². The number of thioether (sulfide) groups is 2. The van der Waals surface area contributed by atoms with E-state index >= 15 is 0 Å². The van der Waals surface area contributed by atoms with Crippen molar-refractivity contribution in [1.29, 1.82) is 0 Å². The van der Waals surface area contributed by atoms with E-state index in [0.29, 0.717) is 10.5 Å². The predicted octanol–water partition coefficient (Wildman–Crippen LogP) is 2.76. The molecule has 0 spiro atoms. The second-order valence-corrected chi connectivity index (χ2v) is 7.85. The minimum atomic E-state index is 0.257. The number of para-hydroxylation sites is 1. The Morgan fingerprint density at radius 1 is 1.24 bits per heavy atom. The van der Waals surface area contributed by atoms with Gasteiger partial charge >= 0.3 is 0 Å². The molecule has 3 atom stereocenters. The molecular weight excluding hydrogens is 300 g/mol. The highest BCUT2D eigenvalue weighted by atomic mass is 32.2. The van der Waals surface area contributed by atoms with Crippen molar-refractivity contribution in [1.82, 2.24) is 20.3 Å². The van der Waals surface area contributed by atoms with E-state index in [2.05, 4.69) is 58.2 Å². The fraction of sp³-hybridized carbons (Fsp3) is 0.467. The third kappa shape index (κ3) is 3.12. The van der Waals surface area contributed by atoms with Gasteiger partial charge in [-0.2, -0.15) is 23.5 Å². The number of nitrogens with zero attached hydrogens (tertiary/aromatic N) is 3. The normalized spacial score (nSPS) is 23.9. The Morgan fingerprint density at radius 3 is 2.71 bits per heavy atom. The van der Waals surface area contributed by atoms with Gasteiger partial charge in [0.05, 0.1) is 23.6 Å². The SMILES string of the molecule is CNC(c1cnnn1-c1ccccc1)C1SCCSC1C. The molecule has 1 aliphatic rings. The summed E-state index contributed by atoms with van der Waals surface area (Å²) in [7, 11) is 2.03. The predicted molar refractivity (Wildman–Crippen MR) is 91.3 cm³/mol. The lowest BCUT2D eigenvalue weighted by Crippen LogP contribution is -2.37. The van der Waals surface area contributed by atoms with Gasteiger partial charge < -0.3 is 5.32 Å². The molecule has 1 saturated heterocycles. The highest BCUT2D eigenvalue weighted by molar-refractivity contribution is 8.07. The van der Waals surface area contributed by atoms with E-state index < -0.39 is 0 Å². The van der Waals surface area contributed by atoms with Crippen LogP contribution in [0.3, 0.4) is 0 Å². The molecule has 112 valence electrons. The molecule has 1 aliphatic heterocycles. The van der Waals surface area contributed by atoms with Crippen LogP contribution in [0.1, 0.15) is 18.7 Å². The van der Waals surface area contributed by atoms with E-state index in [-0.39, 0.29) is 6.04 Å². The van der Waals surface area contributed by atoms with Crippen LogP contribution in [0.5, 0.6) is 0 Å². The van der Waals surface area contributed by atoms with Gasteiger partial charge in [-0.05, 0) is 19.2 Å². The Hall–Kier alpha value is -0.980. The first-order chi connectivity index (χ1) is 10.3. The van der Waals surface area contributed by atoms with Crippen molar-refractivity contribution in [3.8, 4) is 5.69 Å². The van der Waals surface area contributed by atoms with E-state index in [1.165, 1.54) is 11.5 Å². The zero-order chi connectivity index (χ0) is 14.7. The lowest BCUT2D eigenvalue weighted by Gasteiger charge is -2.34. The standard InChI is InChI=1S/C15H20N4S2/c1-11-15(21-9-8-20-11)14(16-2)13-10-17-18-19(13)12-6-4-3-5-7-12/h3-7,10-11,14-16H,8-9H2,1-2H3. The number of aromatic nitrogens is 3. The second-order valence-electron chi connectivity index (χ2n) is 5.08. The molecule has 2 heterocycles. The highest BCUT2D eigenvalue weighted by Crippen LogP contribution is 2.38. The van der Waals surface area contributed by atoms with E-state index in [0.717, 1.165) is 11.4 Å². The topological polar surface area (TPSA) is 42.7 Å². The molecule has 21 heavy (non-hydrogen) atoms. The van der Waals surface area contributed by atoms with Crippen LogP contribution in [0.25, 0.3) is 5.69 Å². The monoisotopic (exact) mass is 320 g/mol. The number of benzene rings is 1. The summed E-state index contributed by atoms with van der Waals surface area (Å²) in [6.45, 7) is 2.32. The van der Waals surface area contributed by atoms with Crippen molar-refractivity contribution in [2.45, 2.75) is 23.5 Å². The lowest BCUT2D eigenvalue weighted by atomic mass is 10.1. The van der Waals surface area contributed by atoms with Crippen LogP contribution in [0, 0.1) is 0 Å². The Labute approximate surface area is 134 Å². The number of hydrogen-bond acceptors (Lipinski definition) is 5. The van der Waals surface area contributed by atoms with Crippen LogP contribution in [-0.4, -0.2) is 44.0 Å². The van der Waals surface area contributed by atoms with Crippen molar-refractivity contribution in [3.63, 3.8) is 0 Å². The van der Waals surface area contributed by atoms with Crippen molar-refractivity contribution < 1.29 is 0 Å².